The van der Waals surface area contributed by atoms with E-state index < -0.39 is 0 Å². The van der Waals surface area contributed by atoms with E-state index in [9.17, 15) is 0 Å². The zero-order valence-electron chi connectivity index (χ0n) is 36.1. The number of nitrogens with zero attached hydrogens (tertiary/aromatic N) is 1. The van der Waals surface area contributed by atoms with E-state index in [4.69, 9.17) is 4.74 Å². The van der Waals surface area contributed by atoms with Crippen LogP contribution >= 0.6 is 0 Å². The Morgan fingerprint density at radius 3 is 2.44 bits per heavy atom. The second kappa shape index (κ2) is 14.4. The molecule has 1 aliphatic heterocycles. The van der Waals surface area contributed by atoms with Gasteiger partial charge in [0.25, 0.3) is 0 Å². The summed E-state index contributed by atoms with van der Waals surface area (Å²) >= 11 is 0. The predicted octanol–water partition coefficient (Wildman–Crippen LogP) is 13.9. The third-order valence-corrected chi connectivity index (χ3v) is 15.0. The van der Waals surface area contributed by atoms with Crippen molar-refractivity contribution in [3.05, 3.63) is 212 Å². The van der Waals surface area contributed by atoms with Gasteiger partial charge in [0.15, 0.2) is 0 Å². The molecule has 0 amide bonds. The maximum atomic E-state index is 6.72. The minimum absolute atomic E-state index is 0.00255. The van der Waals surface area contributed by atoms with Gasteiger partial charge in [-0.3, -0.25) is 0 Å². The van der Waals surface area contributed by atoms with Crippen molar-refractivity contribution in [3.8, 4) is 0 Å². The molecule has 59 heavy (non-hydrogen) atoms. The van der Waals surface area contributed by atoms with Crippen molar-refractivity contribution in [1.29, 1.82) is 0 Å². The van der Waals surface area contributed by atoms with Crippen LogP contribution in [0.4, 0.5) is 0 Å². The molecule has 6 aliphatic carbocycles. The van der Waals surface area contributed by atoms with Crippen LogP contribution in [0.1, 0.15) is 111 Å². The van der Waals surface area contributed by atoms with Crippen LogP contribution in [0.2, 0.25) is 0 Å². The summed E-state index contributed by atoms with van der Waals surface area (Å²) in [6.07, 6.45) is 34.8. The number of hydrogen-bond acceptors (Lipinski definition) is 2. The largest absolute Gasteiger partial charge is 0.461 e. The van der Waals surface area contributed by atoms with E-state index >= 15 is 0 Å². The summed E-state index contributed by atoms with van der Waals surface area (Å²) in [6.45, 7) is 16.4. The fourth-order valence-corrected chi connectivity index (χ4v) is 11.6. The molecule has 0 aromatic heterocycles. The van der Waals surface area contributed by atoms with Gasteiger partial charge in [0.2, 0.25) is 0 Å². The first-order chi connectivity index (χ1) is 28.5. The van der Waals surface area contributed by atoms with Gasteiger partial charge in [-0.05, 0) is 138 Å². The molecule has 4 unspecified atom stereocenters. The molecule has 3 aromatic carbocycles. The number of aryl methyl sites for hydroxylation is 2. The fraction of sp³-hybridized carbons (Fsp3) is 0.333. The maximum Gasteiger partial charge on any atom is 0.126 e. The lowest BCUT2D eigenvalue weighted by Gasteiger charge is -2.44. The number of ether oxygens (including phenoxy) is 1. The van der Waals surface area contributed by atoms with Gasteiger partial charge in [-0.1, -0.05) is 155 Å². The van der Waals surface area contributed by atoms with Gasteiger partial charge in [-0.15, -0.1) is 0 Å². The first-order valence-corrected chi connectivity index (χ1v) is 22.2. The number of allylic oxidation sites excluding steroid dienone is 14. The molecule has 298 valence electrons. The van der Waals surface area contributed by atoms with Crippen molar-refractivity contribution in [1.82, 2.24) is 4.90 Å². The summed E-state index contributed by atoms with van der Waals surface area (Å²) in [7, 11) is 0. The normalized spacial score (nSPS) is 25.1. The average molecular weight is 774 g/mol. The third-order valence-electron chi connectivity index (χ3n) is 15.0. The summed E-state index contributed by atoms with van der Waals surface area (Å²) in [5.41, 5.74) is 19.6. The topological polar surface area (TPSA) is 12.5 Å². The lowest BCUT2D eigenvalue weighted by Crippen LogP contribution is -2.43. The Hall–Kier alpha value is -5.34. The summed E-state index contributed by atoms with van der Waals surface area (Å²) in [5.74, 6) is 2.97. The van der Waals surface area contributed by atoms with Crippen molar-refractivity contribution in [2.75, 3.05) is 0 Å². The maximum absolute atomic E-state index is 6.72. The van der Waals surface area contributed by atoms with E-state index in [-0.39, 0.29) is 28.8 Å². The first-order valence-electron chi connectivity index (χ1n) is 22.2. The van der Waals surface area contributed by atoms with Gasteiger partial charge in [0.1, 0.15) is 11.5 Å². The van der Waals surface area contributed by atoms with E-state index in [1.165, 1.54) is 78.3 Å². The molecule has 0 saturated heterocycles. The zero-order chi connectivity index (χ0) is 40.6. The van der Waals surface area contributed by atoms with Gasteiger partial charge in [0, 0.05) is 28.4 Å². The molecule has 4 atom stereocenters. The minimum atomic E-state index is -0.0922. The smallest absolute Gasteiger partial charge is 0.126 e. The molecule has 0 bridgehead atoms. The zero-order valence-corrected chi connectivity index (χ0v) is 36.1. The SMILES string of the molecule is Cc1cc(C)c(C)c(C(C)(C)c2ccc(C3=CC=CC(N(C4=CC=CC(C5=C6OC7=C(CCC=C7)C6CC=C5)C4)C4C=CC5=C(C4)C(C)(C)c4ccccc45)C3)cc2)c1. The number of rotatable bonds is 7. The van der Waals surface area contributed by atoms with Gasteiger partial charge < -0.3 is 9.64 Å². The molecule has 2 heteroatoms. The van der Waals surface area contributed by atoms with Crippen LogP contribution in [0.25, 0.3) is 11.1 Å². The highest BCUT2D eigenvalue weighted by Crippen LogP contribution is 2.52. The Morgan fingerprint density at radius 2 is 1.59 bits per heavy atom. The predicted molar refractivity (Wildman–Crippen MR) is 247 cm³/mol. The Bertz CT molecular complexity index is 2570. The van der Waals surface area contributed by atoms with Crippen LogP contribution in [0, 0.1) is 32.6 Å². The van der Waals surface area contributed by atoms with Crippen molar-refractivity contribution in [2.24, 2.45) is 11.8 Å². The van der Waals surface area contributed by atoms with E-state index in [2.05, 4.69) is 187 Å². The Morgan fingerprint density at radius 1 is 0.797 bits per heavy atom. The second-order valence-electron chi connectivity index (χ2n) is 19.2. The van der Waals surface area contributed by atoms with Crippen molar-refractivity contribution >= 4 is 11.1 Å². The van der Waals surface area contributed by atoms with Crippen LogP contribution in [-0.4, -0.2) is 17.0 Å². The lowest BCUT2D eigenvalue weighted by molar-refractivity contribution is 0.228. The lowest BCUT2D eigenvalue weighted by atomic mass is 9.74. The average Bonchev–Trinajstić information content (AvgIpc) is 3.74. The van der Waals surface area contributed by atoms with Gasteiger partial charge >= 0.3 is 0 Å². The van der Waals surface area contributed by atoms with Gasteiger partial charge in [-0.25, -0.2) is 0 Å². The summed E-state index contributed by atoms with van der Waals surface area (Å²) < 4.78 is 6.72. The molecule has 2 nitrogen and oxygen atoms in total. The van der Waals surface area contributed by atoms with Crippen LogP contribution in [0.15, 0.2) is 168 Å². The van der Waals surface area contributed by atoms with E-state index in [0.29, 0.717) is 5.92 Å². The minimum Gasteiger partial charge on any atom is -0.461 e. The Balaban J connectivity index is 0.962. The molecule has 0 radical (unpaired) electrons. The number of hydrogen-bond donors (Lipinski definition) is 0. The van der Waals surface area contributed by atoms with Gasteiger partial charge in [-0.2, -0.15) is 0 Å². The molecule has 1 heterocycles. The van der Waals surface area contributed by atoms with E-state index in [1.54, 1.807) is 5.57 Å². The molecule has 3 aromatic rings. The van der Waals surface area contributed by atoms with Crippen LogP contribution in [0.5, 0.6) is 0 Å². The molecule has 0 saturated carbocycles. The Kier molecular flexibility index (Phi) is 9.27. The van der Waals surface area contributed by atoms with Gasteiger partial charge in [0.05, 0.1) is 12.1 Å². The fourth-order valence-electron chi connectivity index (χ4n) is 11.6. The van der Waals surface area contributed by atoms with E-state index in [0.717, 1.165) is 44.3 Å². The molecule has 10 rings (SSSR count). The number of benzene rings is 3. The number of fused-ring (bicyclic) bond motifs is 4. The molecule has 7 aliphatic rings. The summed E-state index contributed by atoms with van der Waals surface area (Å²) in [6, 6.07) is 23.7. The molecule has 0 spiro atoms. The molecular weight excluding hydrogens is 715 g/mol. The van der Waals surface area contributed by atoms with Crippen molar-refractivity contribution < 1.29 is 4.74 Å². The van der Waals surface area contributed by atoms with Crippen LogP contribution in [0.3, 0.4) is 0 Å². The first kappa shape index (κ1) is 37.9. The second-order valence-corrected chi connectivity index (χ2v) is 19.2. The summed E-state index contributed by atoms with van der Waals surface area (Å²) in [5, 5.41) is 0. The highest BCUT2D eigenvalue weighted by molar-refractivity contribution is 5.87. The molecule has 0 fully saturated rings. The monoisotopic (exact) mass is 773 g/mol. The highest BCUT2D eigenvalue weighted by Gasteiger charge is 2.42. The third kappa shape index (κ3) is 6.37. The van der Waals surface area contributed by atoms with Crippen molar-refractivity contribution in [2.45, 2.75) is 110 Å². The Labute approximate surface area is 353 Å². The van der Waals surface area contributed by atoms with Crippen LogP contribution in [-0.2, 0) is 15.6 Å². The standard InChI is InChI=1S/C57H59NO/c1-36-31-37(2)38(3)52(32-36)56(4,5)42-27-25-39(26-28-42)40-15-12-17-43(33-40)58(45-29-30-48-47-19-8-10-23-51(47)57(6,7)53(48)35-45)44-18-13-16-41(34-44)46-21-14-22-50-49-20-9-11-24-54(49)59-55(46)50/h8,10-19,21,23-32,41,43,45,50H,9,20,22,33-35H2,1-7H3. The molecule has 0 N–H and O–H groups in total. The molecular formula is C57H59NO. The van der Waals surface area contributed by atoms with Crippen molar-refractivity contribution in [3.63, 3.8) is 0 Å². The summed E-state index contributed by atoms with van der Waals surface area (Å²) in [4.78, 5) is 2.80. The quantitative estimate of drug-likeness (QED) is 0.237. The van der Waals surface area contributed by atoms with E-state index in [1.807, 2.05) is 0 Å². The van der Waals surface area contributed by atoms with Crippen LogP contribution < -0.4 is 0 Å². The highest BCUT2D eigenvalue weighted by atomic mass is 16.5.